The summed E-state index contributed by atoms with van der Waals surface area (Å²) in [5, 5.41) is 0. The normalized spacial score (nSPS) is 15.8. The van der Waals surface area contributed by atoms with E-state index in [0.29, 0.717) is 22.4 Å². The van der Waals surface area contributed by atoms with E-state index in [1.54, 1.807) is 36.4 Å². The maximum absolute atomic E-state index is 13.8. The van der Waals surface area contributed by atoms with Gasteiger partial charge < -0.3 is 9.47 Å². The Morgan fingerprint density at radius 3 is 2.19 bits per heavy atom. The number of esters is 1. The summed E-state index contributed by atoms with van der Waals surface area (Å²) in [5.74, 6) is -1.78. The lowest BCUT2D eigenvalue weighted by molar-refractivity contribution is -0.132. The van der Waals surface area contributed by atoms with Crippen LogP contribution in [0.25, 0.3) is 5.70 Å². The summed E-state index contributed by atoms with van der Waals surface area (Å²) in [4.78, 5) is 66.3. The summed E-state index contributed by atoms with van der Waals surface area (Å²) >= 11 is 0. The second-order valence-electron chi connectivity index (χ2n) is 8.87. The third-order valence-corrected chi connectivity index (χ3v) is 6.70. The molecule has 0 bridgehead atoms. The number of hydrogen-bond acceptors (Lipinski definition) is 7. The Balaban J connectivity index is 1.91. The highest BCUT2D eigenvalue weighted by molar-refractivity contribution is 6.27. The Hall–Kier alpha value is -4.73. The second kappa shape index (κ2) is 8.44. The molecule has 2 aliphatic rings. The Bertz CT molecular complexity index is 1690. The average molecular weight is 501 g/mol. The van der Waals surface area contributed by atoms with Gasteiger partial charge in [-0.2, -0.15) is 0 Å². The molecule has 0 saturated heterocycles. The number of anilines is 1. The van der Waals surface area contributed by atoms with Crippen molar-refractivity contribution < 1.29 is 23.9 Å². The zero-order valence-corrected chi connectivity index (χ0v) is 20.8. The summed E-state index contributed by atoms with van der Waals surface area (Å²) < 4.78 is 12.9. The van der Waals surface area contributed by atoms with E-state index in [1.165, 1.54) is 50.6 Å². The van der Waals surface area contributed by atoms with Crippen LogP contribution in [-0.4, -0.2) is 33.9 Å². The number of nitrogens with zero attached hydrogens (tertiary/aromatic N) is 3. The van der Waals surface area contributed by atoms with Gasteiger partial charge in [-0.05, 0) is 17.7 Å². The molecule has 10 heteroatoms. The van der Waals surface area contributed by atoms with Crippen LogP contribution in [0.2, 0.25) is 0 Å². The number of fused-ring (bicyclic) bond motifs is 3. The molecule has 0 fully saturated rings. The van der Waals surface area contributed by atoms with Gasteiger partial charge in [-0.25, -0.2) is 4.79 Å². The predicted octanol–water partition coefficient (Wildman–Crippen LogP) is 2.12. The number of amides is 1. The minimum absolute atomic E-state index is 0.0943. The summed E-state index contributed by atoms with van der Waals surface area (Å²) in [6.07, 6.45) is 0. The third kappa shape index (κ3) is 3.36. The van der Waals surface area contributed by atoms with Gasteiger partial charge in [-0.1, -0.05) is 30.3 Å². The largest absolute Gasteiger partial charge is 0.493 e. The Labute approximate surface area is 211 Å². The highest BCUT2D eigenvalue weighted by Gasteiger charge is 2.47. The Morgan fingerprint density at radius 2 is 1.57 bits per heavy atom. The Kier molecular flexibility index (Phi) is 5.47. The molecular formula is C27H23N3O7. The number of Topliss-reactive ketones (excluding diaryl/α,β-unsaturated/α-hetero) is 1. The van der Waals surface area contributed by atoms with E-state index in [1.807, 2.05) is 0 Å². The maximum atomic E-state index is 13.8. The number of allylic oxidation sites excluding steroid dienone is 1. The minimum Gasteiger partial charge on any atom is -0.493 e. The molecular weight excluding hydrogens is 478 g/mol. The van der Waals surface area contributed by atoms with E-state index < -0.39 is 29.0 Å². The average Bonchev–Trinajstić information content (AvgIpc) is 3.16. The molecule has 0 radical (unpaired) electrons. The number of carbonyl (C=O) groups is 3. The standard InChI is InChI=1S/C27H23N3O7/c1-13(31)30-23-16-8-6-7-9-17(16)24(33)21(23)20(22-25(30)28(3)27(35)29(4)26(22)34)15-10-11-18(37-14(2)32)19(12-15)36-5/h6-12,20H,1-5H3/t20-/m1/s1. The quantitative estimate of drug-likeness (QED) is 0.399. The number of benzene rings is 2. The first-order valence-corrected chi connectivity index (χ1v) is 11.4. The topological polar surface area (TPSA) is 117 Å². The van der Waals surface area contributed by atoms with Gasteiger partial charge >= 0.3 is 11.7 Å². The van der Waals surface area contributed by atoms with E-state index in [4.69, 9.17) is 9.47 Å². The molecule has 1 atom stereocenters. The highest BCUT2D eigenvalue weighted by atomic mass is 16.6. The van der Waals surface area contributed by atoms with Crippen molar-refractivity contribution in [1.82, 2.24) is 9.13 Å². The van der Waals surface area contributed by atoms with Crippen LogP contribution in [0.1, 0.15) is 46.8 Å². The maximum Gasteiger partial charge on any atom is 0.332 e. The lowest BCUT2D eigenvalue weighted by Crippen LogP contribution is -2.46. The first-order valence-electron chi connectivity index (χ1n) is 11.4. The van der Waals surface area contributed by atoms with Crippen molar-refractivity contribution in [2.75, 3.05) is 12.0 Å². The summed E-state index contributed by atoms with van der Waals surface area (Å²) in [7, 11) is 4.23. The molecule has 37 heavy (non-hydrogen) atoms. The molecule has 3 aromatic rings. The fourth-order valence-electron chi connectivity index (χ4n) is 5.17. The molecule has 0 unspecified atom stereocenters. The van der Waals surface area contributed by atoms with Crippen molar-refractivity contribution in [3.63, 3.8) is 0 Å². The summed E-state index contributed by atoms with van der Waals surface area (Å²) in [6, 6.07) is 11.6. The third-order valence-electron chi connectivity index (χ3n) is 6.70. The smallest absolute Gasteiger partial charge is 0.332 e. The molecule has 10 nitrogen and oxygen atoms in total. The second-order valence-corrected chi connectivity index (χ2v) is 8.87. The van der Waals surface area contributed by atoms with Crippen LogP contribution in [-0.2, 0) is 23.7 Å². The summed E-state index contributed by atoms with van der Waals surface area (Å²) in [5.41, 5.74) is 0.833. The molecule has 188 valence electrons. The molecule has 2 aromatic carbocycles. The van der Waals surface area contributed by atoms with Crippen LogP contribution in [0.3, 0.4) is 0 Å². The van der Waals surface area contributed by atoms with E-state index in [2.05, 4.69) is 0 Å². The fraction of sp³-hybridized carbons (Fsp3) is 0.222. The fourth-order valence-corrected chi connectivity index (χ4v) is 5.17. The van der Waals surface area contributed by atoms with Crippen LogP contribution >= 0.6 is 0 Å². The highest BCUT2D eigenvalue weighted by Crippen LogP contribution is 2.51. The van der Waals surface area contributed by atoms with Crippen molar-refractivity contribution in [1.29, 1.82) is 0 Å². The van der Waals surface area contributed by atoms with Crippen LogP contribution < -0.4 is 25.6 Å². The van der Waals surface area contributed by atoms with Gasteiger partial charge in [0, 0.05) is 50.6 Å². The number of rotatable bonds is 3. The SMILES string of the molecule is COc1cc([C@@H]2C3=C(c4ccccc4C3=O)N(C(C)=O)c3c2c(=O)n(C)c(=O)n3C)ccc1OC(C)=O. The van der Waals surface area contributed by atoms with E-state index in [0.717, 1.165) is 4.57 Å². The number of carbonyl (C=O) groups excluding carboxylic acids is 3. The van der Waals surface area contributed by atoms with E-state index >= 15 is 0 Å². The molecule has 2 heterocycles. The predicted molar refractivity (Wildman–Crippen MR) is 134 cm³/mol. The van der Waals surface area contributed by atoms with Gasteiger partial charge in [0.25, 0.3) is 5.56 Å². The first-order chi connectivity index (χ1) is 17.6. The van der Waals surface area contributed by atoms with Crippen molar-refractivity contribution in [2.45, 2.75) is 19.8 Å². The van der Waals surface area contributed by atoms with E-state index in [9.17, 15) is 24.0 Å². The Morgan fingerprint density at radius 1 is 0.892 bits per heavy atom. The van der Waals surface area contributed by atoms with Crippen LogP contribution in [0, 0.1) is 0 Å². The lowest BCUT2D eigenvalue weighted by atomic mass is 9.80. The zero-order chi connectivity index (χ0) is 26.8. The molecule has 0 saturated carbocycles. The molecule has 1 amide bonds. The van der Waals surface area contributed by atoms with Crippen LogP contribution in [0.4, 0.5) is 5.82 Å². The number of methoxy groups -OCH3 is 1. The van der Waals surface area contributed by atoms with Crippen LogP contribution in [0.15, 0.2) is 57.6 Å². The molecule has 1 aromatic heterocycles. The van der Waals surface area contributed by atoms with Crippen molar-refractivity contribution in [2.24, 2.45) is 14.1 Å². The minimum atomic E-state index is -0.939. The van der Waals surface area contributed by atoms with Gasteiger partial charge in [0.05, 0.1) is 18.4 Å². The van der Waals surface area contributed by atoms with Gasteiger partial charge in [0.15, 0.2) is 17.3 Å². The monoisotopic (exact) mass is 501 g/mol. The molecule has 0 N–H and O–H groups in total. The van der Waals surface area contributed by atoms with Crippen molar-refractivity contribution in [3.05, 3.63) is 91.1 Å². The summed E-state index contributed by atoms with van der Waals surface area (Å²) in [6.45, 7) is 2.58. The molecule has 1 aliphatic carbocycles. The number of ether oxygens (including phenoxy) is 2. The van der Waals surface area contributed by atoms with E-state index in [-0.39, 0.29) is 34.2 Å². The first kappa shape index (κ1) is 24.0. The van der Waals surface area contributed by atoms with Gasteiger partial charge in [-0.3, -0.25) is 33.2 Å². The molecule has 1 aliphatic heterocycles. The number of aromatic nitrogens is 2. The van der Waals surface area contributed by atoms with Gasteiger partial charge in [0.2, 0.25) is 5.91 Å². The number of ketones is 1. The molecule has 5 rings (SSSR count). The van der Waals surface area contributed by atoms with Crippen molar-refractivity contribution in [3.8, 4) is 11.5 Å². The number of hydrogen-bond donors (Lipinski definition) is 0. The lowest BCUT2D eigenvalue weighted by Gasteiger charge is -2.36. The zero-order valence-electron chi connectivity index (χ0n) is 20.8. The van der Waals surface area contributed by atoms with Gasteiger partial charge in [-0.15, -0.1) is 0 Å². The van der Waals surface area contributed by atoms with Gasteiger partial charge in [0.1, 0.15) is 5.82 Å². The van der Waals surface area contributed by atoms with Crippen LogP contribution in [0.5, 0.6) is 11.5 Å². The van der Waals surface area contributed by atoms with Crippen molar-refractivity contribution >= 4 is 29.2 Å². The molecule has 0 spiro atoms.